The number of aromatic nitrogens is 6. The smallest absolute Gasteiger partial charge is 0.286 e. The first-order valence-electron chi connectivity index (χ1n) is 10.3. The van der Waals surface area contributed by atoms with Gasteiger partial charge in [0.15, 0.2) is 11.6 Å². The second kappa shape index (κ2) is 9.12. The molecule has 0 saturated carbocycles. The maximum Gasteiger partial charge on any atom is 0.418 e. The fraction of sp³-hybridized carbons (Fsp3) is 0.227. The van der Waals surface area contributed by atoms with Crippen molar-refractivity contribution in [2.24, 2.45) is 0 Å². The number of benzene rings is 1. The number of alkyl halides is 6. The van der Waals surface area contributed by atoms with Gasteiger partial charge in [0.05, 0.1) is 28.2 Å². The third kappa shape index (κ3) is 4.77. The minimum atomic E-state index is -5.17. The van der Waals surface area contributed by atoms with Crippen LogP contribution in [0.5, 0.6) is 0 Å². The van der Waals surface area contributed by atoms with Crippen LogP contribution in [0.4, 0.5) is 32.2 Å². The van der Waals surface area contributed by atoms with Crippen molar-refractivity contribution >= 4 is 22.6 Å². The van der Waals surface area contributed by atoms with Gasteiger partial charge in [0.2, 0.25) is 5.91 Å². The Morgan fingerprint density at radius 2 is 1.76 bits per heavy atom. The molecular formula is C22H14F6N8O. The van der Waals surface area contributed by atoms with Crippen molar-refractivity contribution in [1.82, 2.24) is 29.7 Å². The zero-order chi connectivity index (χ0) is 27.1. The molecule has 0 bridgehead atoms. The van der Waals surface area contributed by atoms with E-state index in [9.17, 15) is 31.1 Å². The predicted molar refractivity (Wildman–Crippen MR) is 115 cm³/mol. The van der Waals surface area contributed by atoms with Crippen molar-refractivity contribution in [3.05, 3.63) is 65.6 Å². The Hall–Kier alpha value is -4.61. The summed E-state index contributed by atoms with van der Waals surface area (Å²) in [6, 6.07) is 4.16. The molecule has 1 aromatic carbocycles. The van der Waals surface area contributed by atoms with Crippen molar-refractivity contribution in [1.29, 1.82) is 5.26 Å². The first kappa shape index (κ1) is 25.5. The molecule has 0 N–H and O–H groups in total. The number of amides is 1. The highest BCUT2D eigenvalue weighted by atomic mass is 19.4. The van der Waals surface area contributed by atoms with Crippen molar-refractivity contribution in [3.8, 4) is 11.9 Å². The summed E-state index contributed by atoms with van der Waals surface area (Å²) in [5.41, 5.74) is -3.75. The Labute approximate surface area is 204 Å². The van der Waals surface area contributed by atoms with Gasteiger partial charge in [-0.15, -0.1) is 0 Å². The summed E-state index contributed by atoms with van der Waals surface area (Å²) in [4.78, 5) is 29.3. The molecule has 3 heterocycles. The summed E-state index contributed by atoms with van der Waals surface area (Å²) < 4.78 is 82.9. The minimum Gasteiger partial charge on any atom is -0.286 e. The van der Waals surface area contributed by atoms with Crippen LogP contribution in [-0.2, 0) is 17.1 Å². The van der Waals surface area contributed by atoms with Crippen LogP contribution < -0.4 is 4.90 Å². The summed E-state index contributed by atoms with van der Waals surface area (Å²) in [6.45, 7) is 2.52. The molecule has 0 aliphatic carbocycles. The van der Waals surface area contributed by atoms with Gasteiger partial charge in [0, 0.05) is 18.5 Å². The van der Waals surface area contributed by atoms with Gasteiger partial charge >= 0.3 is 12.4 Å². The van der Waals surface area contributed by atoms with Gasteiger partial charge in [-0.1, -0.05) is 0 Å². The van der Waals surface area contributed by atoms with Gasteiger partial charge in [-0.05, 0) is 31.2 Å². The summed E-state index contributed by atoms with van der Waals surface area (Å²) in [7, 11) is 0. The fourth-order valence-electron chi connectivity index (χ4n) is 3.74. The van der Waals surface area contributed by atoms with E-state index in [0.717, 1.165) is 24.5 Å². The number of nitrogens with zero attached hydrogens (tertiary/aromatic N) is 8. The van der Waals surface area contributed by atoms with Crippen molar-refractivity contribution < 1.29 is 31.1 Å². The summed E-state index contributed by atoms with van der Waals surface area (Å²) >= 11 is 0. The maximum atomic E-state index is 13.7. The average molecular weight is 520 g/mol. The summed E-state index contributed by atoms with van der Waals surface area (Å²) in [5.74, 6) is -0.958. The van der Waals surface area contributed by atoms with E-state index in [0.29, 0.717) is 6.07 Å². The summed E-state index contributed by atoms with van der Waals surface area (Å²) in [5, 5.41) is 12.4. The normalized spacial score (nSPS) is 12.8. The number of fused-ring (bicyclic) bond motifs is 1. The lowest BCUT2D eigenvalue weighted by molar-refractivity contribution is -0.142. The monoisotopic (exact) mass is 520 g/mol. The fourth-order valence-corrected chi connectivity index (χ4v) is 3.74. The molecule has 0 spiro atoms. The van der Waals surface area contributed by atoms with Crippen molar-refractivity contribution in [2.45, 2.75) is 32.2 Å². The molecule has 3 aromatic heterocycles. The van der Waals surface area contributed by atoms with Crippen LogP contribution in [0, 0.1) is 11.3 Å². The topological polar surface area (TPSA) is 113 Å². The van der Waals surface area contributed by atoms with E-state index in [1.54, 1.807) is 0 Å². The average Bonchev–Trinajstić information content (AvgIpc) is 3.32. The zero-order valence-electron chi connectivity index (χ0n) is 18.9. The molecule has 0 saturated heterocycles. The lowest BCUT2D eigenvalue weighted by atomic mass is 10.0. The molecule has 1 amide bonds. The van der Waals surface area contributed by atoms with E-state index >= 15 is 0 Å². The largest absolute Gasteiger partial charge is 0.418 e. The van der Waals surface area contributed by atoms with Crippen molar-refractivity contribution in [2.75, 3.05) is 4.90 Å². The van der Waals surface area contributed by atoms with E-state index in [4.69, 9.17) is 5.26 Å². The number of carbonyl (C=O) groups excluding carboxylic acids is 1. The first-order valence-corrected chi connectivity index (χ1v) is 10.3. The summed E-state index contributed by atoms with van der Waals surface area (Å²) in [6.07, 6.45) is -7.15. The van der Waals surface area contributed by atoms with E-state index in [1.807, 2.05) is 6.07 Å². The van der Waals surface area contributed by atoms with Gasteiger partial charge in [-0.3, -0.25) is 9.69 Å². The quantitative estimate of drug-likeness (QED) is 0.361. The molecule has 0 aliphatic heterocycles. The molecule has 0 fully saturated rings. The van der Waals surface area contributed by atoms with Crippen LogP contribution in [-0.4, -0.2) is 35.6 Å². The lowest BCUT2D eigenvalue weighted by Crippen LogP contribution is -2.34. The van der Waals surface area contributed by atoms with E-state index in [1.165, 1.54) is 29.9 Å². The number of nitriles is 1. The second-order valence-corrected chi connectivity index (χ2v) is 7.72. The van der Waals surface area contributed by atoms with E-state index in [2.05, 4.69) is 25.0 Å². The second-order valence-electron chi connectivity index (χ2n) is 7.72. The van der Waals surface area contributed by atoms with Crippen LogP contribution in [0.2, 0.25) is 0 Å². The number of rotatable bonds is 4. The lowest BCUT2D eigenvalue weighted by Gasteiger charge is -2.28. The van der Waals surface area contributed by atoms with Gasteiger partial charge in [-0.25, -0.2) is 19.9 Å². The Bertz CT molecular complexity index is 1520. The Morgan fingerprint density at radius 3 is 2.32 bits per heavy atom. The van der Waals surface area contributed by atoms with Gasteiger partial charge in [-0.2, -0.15) is 41.4 Å². The van der Waals surface area contributed by atoms with Crippen LogP contribution in [0.3, 0.4) is 0 Å². The molecular weight excluding hydrogens is 506 g/mol. The number of carbonyl (C=O) groups is 1. The van der Waals surface area contributed by atoms with Crippen LogP contribution in [0.1, 0.15) is 42.4 Å². The molecule has 4 rings (SSSR count). The molecule has 9 nitrogen and oxygen atoms in total. The minimum absolute atomic E-state index is 0.0339. The first-order chi connectivity index (χ1) is 17.3. The number of halogens is 6. The Morgan fingerprint density at radius 1 is 1.03 bits per heavy atom. The molecule has 190 valence electrons. The number of pyridine rings is 1. The van der Waals surface area contributed by atoms with Crippen LogP contribution in [0.15, 0.2) is 43.1 Å². The van der Waals surface area contributed by atoms with Crippen LogP contribution >= 0.6 is 0 Å². The molecule has 1 atom stereocenters. The van der Waals surface area contributed by atoms with E-state index in [-0.39, 0.29) is 23.3 Å². The Balaban J connectivity index is 1.92. The zero-order valence-corrected chi connectivity index (χ0v) is 18.9. The predicted octanol–water partition coefficient (Wildman–Crippen LogP) is 4.63. The number of hydrogen-bond acceptors (Lipinski definition) is 7. The van der Waals surface area contributed by atoms with E-state index < -0.39 is 52.1 Å². The van der Waals surface area contributed by atoms with Gasteiger partial charge in [0.1, 0.15) is 24.5 Å². The highest BCUT2D eigenvalue weighted by Crippen LogP contribution is 2.42. The molecule has 15 heteroatoms. The maximum absolute atomic E-state index is 13.7. The molecule has 37 heavy (non-hydrogen) atoms. The Kier molecular flexibility index (Phi) is 6.28. The third-order valence-corrected chi connectivity index (χ3v) is 5.35. The molecule has 0 radical (unpaired) electrons. The van der Waals surface area contributed by atoms with Crippen LogP contribution in [0.25, 0.3) is 16.7 Å². The standard InChI is InChI=1S/C22H14F6N8O/c1-11(19-33-10-34-36(19)17-4-3-13(7-29)8-30-17)35(12(2)37)20-15-5-14(21(23,24)25)6-16(22(26,27)28)18(15)31-9-32-20/h3-6,8-11H,1-2H3. The SMILES string of the molecule is CC(=O)N(c1ncnc2c(C(F)(F)F)cc(C(F)(F)F)cc12)C(C)c1ncnn1-c1ccc(C#N)cn1. The molecule has 0 aliphatic rings. The molecule has 4 aromatic rings. The molecule has 1 unspecified atom stereocenters. The van der Waals surface area contributed by atoms with Crippen molar-refractivity contribution in [3.63, 3.8) is 0 Å². The highest BCUT2D eigenvalue weighted by molar-refractivity contribution is 6.01. The number of anilines is 1. The number of hydrogen-bond donors (Lipinski definition) is 0. The van der Waals surface area contributed by atoms with Gasteiger partial charge in [0.25, 0.3) is 0 Å². The third-order valence-electron chi connectivity index (χ3n) is 5.35. The van der Waals surface area contributed by atoms with Gasteiger partial charge < -0.3 is 0 Å². The highest BCUT2D eigenvalue weighted by Gasteiger charge is 2.40.